The molecule has 0 unspecified atom stereocenters. The second-order valence-corrected chi connectivity index (χ2v) is 9.16. The molecule has 0 saturated carbocycles. The number of nitro groups is 1. The number of hydrogen-bond donors (Lipinski definition) is 0. The lowest BCUT2D eigenvalue weighted by Gasteiger charge is -2.17. The second kappa shape index (κ2) is 11.8. The molecule has 0 aliphatic rings. The number of ketones is 1. The zero-order valence-corrected chi connectivity index (χ0v) is 20.7. The molecule has 1 aromatic carbocycles. The summed E-state index contributed by atoms with van der Waals surface area (Å²) in [6.45, 7) is 9.13. The van der Waals surface area contributed by atoms with Crippen molar-refractivity contribution in [2.75, 3.05) is 6.61 Å². The number of aryl methyl sites for hydroxylation is 1. The first kappa shape index (κ1) is 26.2. The van der Waals surface area contributed by atoms with Crippen molar-refractivity contribution in [3.8, 4) is 0 Å². The molecule has 0 atom stereocenters. The van der Waals surface area contributed by atoms with Gasteiger partial charge in [-0.3, -0.25) is 19.9 Å². The zero-order valence-electron chi connectivity index (χ0n) is 20.7. The molecule has 0 fully saturated rings. The average Bonchev–Trinajstić information content (AvgIpc) is 3.16. The van der Waals surface area contributed by atoms with Gasteiger partial charge in [0.2, 0.25) is 0 Å². The third-order valence-corrected chi connectivity index (χ3v) is 5.72. The van der Waals surface area contributed by atoms with Crippen LogP contribution in [0.1, 0.15) is 73.0 Å². The maximum absolute atomic E-state index is 13.8. The van der Waals surface area contributed by atoms with E-state index in [1.54, 1.807) is 6.20 Å². The minimum atomic E-state index is -0.682. The Balaban J connectivity index is 1.90. The van der Waals surface area contributed by atoms with Gasteiger partial charge in [-0.2, -0.15) is 0 Å². The number of pyridine rings is 1. The molecule has 0 N–H and O–H groups in total. The van der Waals surface area contributed by atoms with Crippen LogP contribution in [0.3, 0.4) is 0 Å². The fourth-order valence-corrected chi connectivity index (χ4v) is 4.19. The maximum atomic E-state index is 13.8. The topological polar surface area (TPSA) is 87.3 Å². The normalized spacial score (nSPS) is 11.4. The molecule has 3 aromatic rings. The number of carbonyl (C=O) groups is 1. The van der Waals surface area contributed by atoms with E-state index in [4.69, 9.17) is 4.74 Å². The molecule has 186 valence electrons. The van der Waals surface area contributed by atoms with Crippen LogP contribution in [0.15, 0.2) is 48.7 Å². The Morgan fingerprint density at radius 1 is 1.14 bits per heavy atom. The van der Waals surface area contributed by atoms with Gasteiger partial charge < -0.3 is 9.30 Å². The highest BCUT2D eigenvalue weighted by molar-refractivity contribution is 5.98. The number of rotatable bonds is 12. The summed E-state index contributed by atoms with van der Waals surface area (Å²) in [5.74, 6) is -0.683. The van der Waals surface area contributed by atoms with Crippen molar-refractivity contribution < 1.29 is 18.8 Å². The Labute approximate surface area is 205 Å². The van der Waals surface area contributed by atoms with Crippen LogP contribution in [0.5, 0.6) is 0 Å². The Kier molecular flexibility index (Phi) is 8.87. The van der Waals surface area contributed by atoms with Gasteiger partial charge in [0.15, 0.2) is 5.78 Å². The van der Waals surface area contributed by atoms with Gasteiger partial charge in [-0.25, -0.2) is 4.39 Å². The maximum Gasteiger partial charge on any atom is 0.272 e. The average molecular weight is 482 g/mol. The predicted molar refractivity (Wildman–Crippen MR) is 132 cm³/mol. The van der Waals surface area contributed by atoms with Crippen LogP contribution >= 0.6 is 0 Å². The first-order valence-electron chi connectivity index (χ1n) is 11.9. The van der Waals surface area contributed by atoms with Crippen molar-refractivity contribution in [2.24, 2.45) is 0 Å². The number of halogens is 1. The molecule has 0 aliphatic heterocycles. The lowest BCUT2D eigenvalue weighted by atomic mass is 9.98. The lowest BCUT2D eigenvalue weighted by molar-refractivity contribution is -0.385. The van der Waals surface area contributed by atoms with Crippen molar-refractivity contribution in [1.29, 1.82) is 0 Å². The lowest BCUT2D eigenvalue weighted by Crippen LogP contribution is -2.14. The Hall–Kier alpha value is -3.39. The number of hydrogen-bond acceptors (Lipinski definition) is 5. The van der Waals surface area contributed by atoms with E-state index in [1.165, 1.54) is 12.1 Å². The molecule has 0 bridgehead atoms. The first-order chi connectivity index (χ1) is 16.7. The van der Waals surface area contributed by atoms with Crippen molar-refractivity contribution >= 4 is 11.5 Å². The summed E-state index contributed by atoms with van der Waals surface area (Å²) in [6.07, 6.45) is 2.84. The molecule has 0 aliphatic carbocycles. The first-order valence-corrected chi connectivity index (χ1v) is 11.9. The fourth-order valence-electron chi connectivity index (χ4n) is 4.19. The van der Waals surface area contributed by atoms with Crippen molar-refractivity contribution in [3.63, 3.8) is 0 Å². The van der Waals surface area contributed by atoms with Crippen LogP contribution in [-0.2, 0) is 24.1 Å². The van der Waals surface area contributed by atoms with E-state index in [0.29, 0.717) is 30.7 Å². The Morgan fingerprint density at radius 3 is 2.54 bits per heavy atom. The van der Waals surface area contributed by atoms with Crippen LogP contribution in [0.4, 0.5) is 10.1 Å². The summed E-state index contributed by atoms with van der Waals surface area (Å²) in [7, 11) is 0. The van der Waals surface area contributed by atoms with Gasteiger partial charge >= 0.3 is 0 Å². The van der Waals surface area contributed by atoms with Crippen LogP contribution in [0.25, 0.3) is 0 Å². The highest BCUT2D eigenvalue weighted by atomic mass is 19.1. The summed E-state index contributed by atoms with van der Waals surface area (Å²) >= 11 is 0. The van der Waals surface area contributed by atoms with E-state index < -0.39 is 10.7 Å². The highest BCUT2D eigenvalue weighted by Crippen LogP contribution is 2.28. The molecule has 2 heterocycles. The number of benzene rings is 1. The number of carbonyl (C=O) groups excluding carboxylic acids is 1. The van der Waals surface area contributed by atoms with Gasteiger partial charge in [-0.1, -0.05) is 19.9 Å². The molecule has 3 rings (SSSR count). The summed E-state index contributed by atoms with van der Waals surface area (Å²) in [5, 5.41) is 11.1. The number of Topliss-reactive ketones (excluding diaryl/α,β-unsaturated/α-hetero) is 1. The van der Waals surface area contributed by atoms with Crippen molar-refractivity contribution in [2.45, 2.75) is 65.5 Å². The van der Waals surface area contributed by atoms with Gasteiger partial charge in [0.05, 0.1) is 35.9 Å². The minimum Gasteiger partial charge on any atom is -0.378 e. The van der Waals surface area contributed by atoms with E-state index in [9.17, 15) is 19.3 Å². The molecule has 0 radical (unpaired) electrons. The molecule has 2 aromatic heterocycles. The standard InChI is InChI=1S/C27H32FN3O4/c1-18(2)27-25(26(32)9-8-20-13-21(28)15-24(14-20)31(33)34)16-23(10-12-35-19(3)4)30(27)17-22-7-5-6-11-29-22/h5-7,11,13-16,18-19H,8-10,12,17H2,1-4H3. The van der Waals surface area contributed by atoms with Crippen LogP contribution in [0, 0.1) is 15.9 Å². The van der Waals surface area contributed by atoms with E-state index in [2.05, 4.69) is 9.55 Å². The van der Waals surface area contributed by atoms with Gasteiger partial charge in [-0.15, -0.1) is 0 Å². The van der Waals surface area contributed by atoms with Crippen LogP contribution in [0.2, 0.25) is 0 Å². The van der Waals surface area contributed by atoms with Gasteiger partial charge in [0.25, 0.3) is 5.69 Å². The summed E-state index contributed by atoms with van der Waals surface area (Å²) in [6, 6.07) is 11.1. The Bertz CT molecular complexity index is 1170. The van der Waals surface area contributed by atoms with Gasteiger partial charge in [0.1, 0.15) is 5.82 Å². The zero-order chi connectivity index (χ0) is 25.5. The van der Waals surface area contributed by atoms with Crippen LogP contribution in [-0.4, -0.2) is 33.0 Å². The predicted octanol–water partition coefficient (Wildman–Crippen LogP) is 5.89. The molecular weight excluding hydrogens is 449 g/mol. The largest absolute Gasteiger partial charge is 0.378 e. The highest BCUT2D eigenvalue weighted by Gasteiger charge is 2.23. The quantitative estimate of drug-likeness (QED) is 0.183. The molecular formula is C27H32FN3O4. The van der Waals surface area contributed by atoms with Crippen molar-refractivity contribution in [1.82, 2.24) is 9.55 Å². The van der Waals surface area contributed by atoms with Crippen molar-refractivity contribution in [3.05, 3.63) is 92.8 Å². The third kappa shape index (κ3) is 7.05. The summed E-state index contributed by atoms with van der Waals surface area (Å²) in [4.78, 5) is 28.2. The number of aromatic nitrogens is 2. The van der Waals surface area contributed by atoms with E-state index in [1.807, 2.05) is 52.0 Å². The molecule has 0 amide bonds. The number of nitro benzene ring substituents is 1. The molecule has 7 nitrogen and oxygen atoms in total. The van der Waals surface area contributed by atoms with E-state index in [0.717, 1.165) is 23.1 Å². The smallest absolute Gasteiger partial charge is 0.272 e. The number of ether oxygens (including phenoxy) is 1. The SMILES string of the molecule is CC(C)OCCc1cc(C(=O)CCc2cc(F)cc([N+](=O)[O-])c2)c(C(C)C)n1Cc1ccccn1. The molecule has 35 heavy (non-hydrogen) atoms. The molecule has 8 heteroatoms. The summed E-state index contributed by atoms with van der Waals surface area (Å²) in [5.41, 5.74) is 3.54. The molecule has 0 saturated heterocycles. The Morgan fingerprint density at radius 2 is 1.91 bits per heavy atom. The van der Waals surface area contributed by atoms with Gasteiger partial charge in [0, 0.05) is 42.1 Å². The fraction of sp³-hybridized carbons (Fsp3) is 0.407. The minimum absolute atomic E-state index is 0.0766. The van der Waals surface area contributed by atoms with E-state index >= 15 is 0 Å². The molecule has 0 spiro atoms. The monoisotopic (exact) mass is 481 g/mol. The summed E-state index contributed by atoms with van der Waals surface area (Å²) < 4.78 is 21.7. The second-order valence-electron chi connectivity index (χ2n) is 9.16. The number of nitrogens with zero attached hydrogens (tertiary/aromatic N) is 3. The van der Waals surface area contributed by atoms with Gasteiger partial charge in [-0.05, 0) is 56.0 Å². The van der Waals surface area contributed by atoms with Crippen LogP contribution < -0.4 is 0 Å². The van der Waals surface area contributed by atoms with E-state index in [-0.39, 0.29) is 36.3 Å². The number of non-ortho nitro benzene ring substituents is 1. The third-order valence-electron chi connectivity index (χ3n) is 5.72.